The van der Waals surface area contributed by atoms with Crippen LogP contribution in [0, 0.1) is 0 Å². The van der Waals surface area contributed by atoms with Gasteiger partial charge >= 0.3 is 5.97 Å². The third kappa shape index (κ3) is 2.62. The van der Waals surface area contributed by atoms with Gasteiger partial charge in [-0.1, -0.05) is 12.1 Å². The highest BCUT2D eigenvalue weighted by molar-refractivity contribution is 7.17. The second-order valence-electron chi connectivity index (χ2n) is 4.63. The second kappa shape index (κ2) is 5.58. The number of fused-ring (bicyclic) bond motifs is 1. The second-order valence-corrected chi connectivity index (χ2v) is 5.54. The Morgan fingerprint density at radius 2 is 1.95 bits per heavy atom. The molecule has 1 aromatic heterocycles. The highest BCUT2D eigenvalue weighted by Crippen LogP contribution is 2.35. The maximum Gasteiger partial charge on any atom is 0.338 e. The summed E-state index contributed by atoms with van der Waals surface area (Å²) >= 11 is 1.63. The SMILES string of the molecule is CCOC(=O)c1ccc2scc(-c3ccc(O)cc3)c2c1. The van der Waals surface area contributed by atoms with Crippen LogP contribution in [0.25, 0.3) is 21.2 Å². The number of phenols is 1. The lowest BCUT2D eigenvalue weighted by molar-refractivity contribution is 0.0526. The monoisotopic (exact) mass is 298 g/mol. The number of hydrogen-bond acceptors (Lipinski definition) is 4. The van der Waals surface area contributed by atoms with Crippen molar-refractivity contribution >= 4 is 27.4 Å². The smallest absolute Gasteiger partial charge is 0.338 e. The maximum atomic E-state index is 11.9. The summed E-state index contributed by atoms with van der Waals surface area (Å²) in [5.74, 6) is -0.0623. The summed E-state index contributed by atoms with van der Waals surface area (Å²) in [6.07, 6.45) is 0. The lowest BCUT2D eigenvalue weighted by Crippen LogP contribution is -2.03. The quantitative estimate of drug-likeness (QED) is 0.727. The van der Waals surface area contributed by atoms with Gasteiger partial charge < -0.3 is 9.84 Å². The number of hydrogen-bond donors (Lipinski definition) is 1. The van der Waals surface area contributed by atoms with Crippen molar-refractivity contribution in [2.75, 3.05) is 6.61 Å². The molecule has 1 N–H and O–H groups in total. The molecule has 0 aliphatic rings. The number of benzene rings is 2. The van der Waals surface area contributed by atoms with Crippen LogP contribution in [-0.2, 0) is 4.74 Å². The van der Waals surface area contributed by atoms with Crippen molar-refractivity contribution in [1.29, 1.82) is 0 Å². The van der Waals surface area contributed by atoms with Crippen molar-refractivity contribution in [2.45, 2.75) is 6.92 Å². The number of ether oxygens (including phenoxy) is 1. The highest BCUT2D eigenvalue weighted by atomic mass is 32.1. The molecule has 0 unspecified atom stereocenters. The number of phenolic OH excluding ortho intramolecular Hbond substituents is 1. The number of aromatic hydroxyl groups is 1. The zero-order valence-electron chi connectivity index (χ0n) is 11.5. The van der Waals surface area contributed by atoms with Crippen molar-refractivity contribution in [2.24, 2.45) is 0 Å². The number of esters is 1. The van der Waals surface area contributed by atoms with Gasteiger partial charge in [0.2, 0.25) is 0 Å². The first-order chi connectivity index (χ1) is 10.2. The Morgan fingerprint density at radius 1 is 1.19 bits per heavy atom. The van der Waals surface area contributed by atoms with Gasteiger partial charge in [0.1, 0.15) is 5.75 Å². The Bertz CT molecular complexity index is 787. The van der Waals surface area contributed by atoms with Crippen molar-refractivity contribution in [1.82, 2.24) is 0 Å². The van der Waals surface area contributed by atoms with Gasteiger partial charge in [0, 0.05) is 15.6 Å². The molecule has 0 saturated carbocycles. The van der Waals surface area contributed by atoms with Crippen molar-refractivity contribution in [3.63, 3.8) is 0 Å². The van der Waals surface area contributed by atoms with Crippen LogP contribution in [0.5, 0.6) is 5.75 Å². The fourth-order valence-corrected chi connectivity index (χ4v) is 3.19. The molecular formula is C17H14O3S. The van der Waals surface area contributed by atoms with Crippen LogP contribution in [0.4, 0.5) is 0 Å². The fourth-order valence-electron chi connectivity index (χ4n) is 2.24. The first-order valence-corrected chi connectivity index (χ1v) is 7.55. The van der Waals surface area contributed by atoms with Gasteiger partial charge in [-0.3, -0.25) is 0 Å². The Hall–Kier alpha value is -2.33. The molecular weight excluding hydrogens is 284 g/mol. The molecule has 0 fully saturated rings. The number of carbonyl (C=O) groups is 1. The van der Waals surface area contributed by atoms with E-state index in [0.717, 1.165) is 21.2 Å². The first-order valence-electron chi connectivity index (χ1n) is 6.67. The zero-order chi connectivity index (χ0) is 14.8. The summed E-state index contributed by atoms with van der Waals surface area (Å²) in [5.41, 5.74) is 2.63. The third-order valence-corrected chi connectivity index (χ3v) is 4.23. The van der Waals surface area contributed by atoms with E-state index in [4.69, 9.17) is 4.74 Å². The fraction of sp³-hybridized carbons (Fsp3) is 0.118. The van der Waals surface area contributed by atoms with Gasteiger partial charge in [0.25, 0.3) is 0 Å². The average Bonchev–Trinajstić information content (AvgIpc) is 2.91. The summed E-state index contributed by atoms with van der Waals surface area (Å²) in [5, 5.41) is 12.5. The molecule has 4 heteroatoms. The molecule has 0 aliphatic carbocycles. The molecule has 0 saturated heterocycles. The van der Waals surface area contributed by atoms with Crippen LogP contribution < -0.4 is 0 Å². The maximum absolute atomic E-state index is 11.9. The van der Waals surface area contributed by atoms with E-state index < -0.39 is 0 Å². The van der Waals surface area contributed by atoms with E-state index in [0.29, 0.717) is 12.2 Å². The predicted octanol–water partition coefficient (Wildman–Crippen LogP) is 4.45. The van der Waals surface area contributed by atoms with Gasteiger partial charge in [-0.2, -0.15) is 0 Å². The van der Waals surface area contributed by atoms with Crippen LogP contribution in [-0.4, -0.2) is 17.7 Å². The molecule has 1 heterocycles. The van der Waals surface area contributed by atoms with E-state index in [1.54, 1.807) is 36.5 Å². The van der Waals surface area contributed by atoms with Gasteiger partial charge in [-0.25, -0.2) is 4.79 Å². The van der Waals surface area contributed by atoms with Crippen LogP contribution in [0.1, 0.15) is 17.3 Å². The summed E-state index contributed by atoms with van der Waals surface area (Å²) in [6, 6.07) is 12.7. The zero-order valence-corrected chi connectivity index (χ0v) is 12.3. The summed E-state index contributed by atoms with van der Waals surface area (Å²) in [6.45, 7) is 2.16. The van der Waals surface area contributed by atoms with E-state index in [9.17, 15) is 9.90 Å². The molecule has 0 radical (unpaired) electrons. The van der Waals surface area contributed by atoms with Crippen LogP contribution in [0.15, 0.2) is 47.8 Å². The molecule has 21 heavy (non-hydrogen) atoms. The van der Waals surface area contributed by atoms with Crippen LogP contribution >= 0.6 is 11.3 Å². The van der Waals surface area contributed by atoms with E-state index in [-0.39, 0.29) is 11.7 Å². The summed E-state index contributed by atoms with van der Waals surface area (Å²) in [4.78, 5) is 11.9. The average molecular weight is 298 g/mol. The number of rotatable bonds is 3. The van der Waals surface area contributed by atoms with Crippen LogP contribution in [0.3, 0.4) is 0 Å². The Kier molecular flexibility index (Phi) is 3.62. The van der Waals surface area contributed by atoms with E-state index in [1.165, 1.54) is 0 Å². The normalized spacial score (nSPS) is 10.7. The Labute approximate surface area is 126 Å². The van der Waals surface area contributed by atoms with Crippen LogP contribution in [0.2, 0.25) is 0 Å². The largest absolute Gasteiger partial charge is 0.508 e. The molecule has 0 atom stereocenters. The molecule has 106 valence electrons. The van der Waals surface area contributed by atoms with E-state index >= 15 is 0 Å². The highest BCUT2D eigenvalue weighted by Gasteiger charge is 2.11. The Balaban J connectivity index is 2.09. The molecule has 0 spiro atoms. The minimum absolute atomic E-state index is 0.241. The Morgan fingerprint density at radius 3 is 2.67 bits per heavy atom. The lowest BCUT2D eigenvalue weighted by Gasteiger charge is -2.04. The van der Waals surface area contributed by atoms with E-state index in [1.807, 2.05) is 24.3 Å². The van der Waals surface area contributed by atoms with Gasteiger partial charge in [0.15, 0.2) is 0 Å². The first kappa shape index (κ1) is 13.6. The third-order valence-electron chi connectivity index (χ3n) is 3.26. The molecule has 3 aromatic rings. The number of carbonyl (C=O) groups excluding carboxylic acids is 1. The summed E-state index contributed by atoms with van der Waals surface area (Å²) < 4.78 is 6.16. The molecule has 0 bridgehead atoms. The van der Waals surface area contributed by atoms with Gasteiger partial charge in [-0.15, -0.1) is 11.3 Å². The number of thiophene rings is 1. The predicted molar refractivity (Wildman–Crippen MR) is 84.9 cm³/mol. The van der Waals surface area contributed by atoms with Crippen molar-refractivity contribution in [3.05, 3.63) is 53.4 Å². The molecule has 3 nitrogen and oxygen atoms in total. The topological polar surface area (TPSA) is 46.5 Å². The summed E-state index contributed by atoms with van der Waals surface area (Å²) in [7, 11) is 0. The van der Waals surface area contributed by atoms with Crippen molar-refractivity contribution in [3.8, 4) is 16.9 Å². The van der Waals surface area contributed by atoms with E-state index in [2.05, 4.69) is 5.38 Å². The minimum atomic E-state index is -0.303. The van der Waals surface area contributed by atoms with Gasteiger partial charge in [0.05, 0.1) is 12.2 Å². The molecule has 3 rings (SSSR count). The standard InChI is InChI=1S/C17H14O3S/c1-2-20-17(19)12-5-8-16-14(9-12)15(10-21-16)11-3-6-13(18)7-4-11/h3-10,18H,2H2,1H3. The molecule has 2 aromatic carbocycles. The molecule has 0 amide bonds. The minimum Gasteiger partial charge on any atom is -0.508 e. The molecule has 0 aliphatic heterocycles. The lowest BCUT2D eigenvalue weighted by atomic mass is 10.0. The van der Waals surface area contributed by atoms with Gasteiger partial charge in [-0.05, 0) is 48.2 Å². The van der Waals surface area contributed by atoms with Crippen molar-refractivity contribution < 1.29 is 14.6 Å².